The molecule has 0 aliphatic heterocycles. The number of nitrogens with one attached hydrogen (secondary N) is 1. The normalized spacial score (nSPS) is 11.1. The molecule has 3 N–H and O–H groups in total. The topological polar surface area (TPSA) is 122 Å². The molecule has 0 bridgehead atoms. The van der Waals surface area contributed by atoms with Crippen LogP contribution in [0.1, 0.15) is 31.3 Å². The minimum Gasteiger partial charge on any atom is -0.506 e. The Kier molecular flexibility index (Phi) is 4.26. The largest absolute Gasteiger partial charge is 0.506 e. The molecule has 0 radical (unpaired) electrons. The third-order valence-corrected chi connectivity index (χ3v) is 2.65. The summed E-state index contributed by atoms with van der Waals surface area (Å²) in [4.78, 5) is 22.4. The molecule has 2 aromatic rings. The predicted molar refractivity (Wildman–Crippen MR) is 80.4 cm³/mol. The van der Waals surface area contributed by atoms with E-state index in [0.717, 1.165) is 0 Å². The number of carbonyl (C=O) groups is 2. The van der Waals surface area contributed by atoms with Crippen molar-refractivity contribution in [2.75, 3.05) is 5.32 Å². The first kappa shape index (κ1) is 16.3. The van der Waals surface area contributed by atoms with E-state index < -0.39 is 17.7 Å². The maximum Gasteiger partial charge on any atom is 0.412 e. The number of phenolic OH excluding ortho intramolecular Hbond substituents is 1. The van der Waals surface area contributed by atoms with Gasteiger partial charge in [-0.05, 0) is 39.0 Å². The molecular weight excluding hydrogens is 304 g/mol. The first-order valence-electron chi connectivity index (χ1n) is 6.69. The molecule has 0 spiro atoms. The number of aromatic carboxylic acids is 1. The Morgan fingerprint density at radius 1 is 1.26 bits per heavy atom. The number of benzene rings is 1. The fraction of sp³-hybridized carbons (Fsp3) is 0.267. The lowest BCUT2D eigenvalue weighted by molar-refractivity contribution is 0.0633. The summed E-state index contributed by atoms with van der Waals surface area (Å²) in [7, 11) is 0. The Hall–Kier alpha value is -3.03. The molecule has 0 aliphatic rings. The second-order valence-electron chi connectivity index (χ2n) is 5.74. The molecular formula is C15H16N2O6. The number of carboxylic acid groups (broad SMARTS) is 1. The number of anilines is 1. The molecule has 2 rings (SSSR count). The van der Waals surface area contributed by atoms with E-state index in [1.807, 2.05) is 0 Å². The van der Waals surface area contributed by atoms with Crippen molar-refractivity contribution < 1.29 is 29.1 Å². The summed E-state index contributed by atoms with van der Waals surface area (Å²) in [5, 5.41) is 24.6. The van der Waals surface area contributed by atoms with Crippen molar-refractivity contribution in [2.45, 2.75) is 26.4 Å². The first-order valence-corrected chi connectivity index (χ1v) is 6.69. The van der Waals surface area contributed by atoms with Crippen molar-refractivity contribution in [3.8, 4) is 17.1 Å². The molecule has 0 aliphatic carbocycles. The number of aromatic nitrogens is 1. The molecule has 0 saturated carbocycles. The fourth-order valence-corrected chi connectivity index (χ4v) is 1.72. The summed E-state index contributed by atoms with van der Waals surface area (Å²) in [5.41, 5.74) is -0.333. The Bertz CT molecular complexity index is 745. The highest BCUT2D eigenvalue weighted by Crippen LogP contribution is 2.30. The highest BCUT2D eigenvalue weighted by atomic mass is 16.6. The highest BCUT2D eigenvalue weighted by Gasteiger charge is 2.18. The molecule has 0 unspecified atom stereocenters. The van der Waals surface area contributed by atoms with Gasteiger partial charge in [0.05, 0.1) is 5.69 Å². The summed E-state index contributed by atoms with van der Waals surface area (Å²) >= 11 is 0. The van der Waals surface area contributed by atoms with E-state index in [1.165, 1.54) is 18.2 Å². The Labute approximate surface area is 131 Å². The maximum atomic E-state index is 11.7. The predicted octanol–water partition coefficient (Wildman–Crippen LogP) is 3.09. The molecule has 8 nitrogen and oxygen atoms in total. The molecule has 0 atom stereocenters. The molecule has 1 aromatic carbocycles. The van der Waals surface area contributed by atoms with Gasteiger partial charge in [0.25, 0.3) is 0 Å². The van der Waals surface area contributed by atoms with Crippen LogP contribution in [-0.4, -0.2) is 33.0 Å². The molecule has 1 aromatic heterocycles. The van der Waals surface area contributed by atoms with Gasteiger partial charge >= 0.3 is 12.1 Å². The van der Waals surface area contributed by atoms with Gasteiger partial charge in [-0.2, -0.15) is 0 Å². The number of hydrogen-bond acceptors (Lipinski definition) is 6. The zero-order valence-corrected chi connectivity index (χ0v) is 12.8. The van der Waals surface area contributed by atoms with Crippen LogP contribution in [0.4, 0.5) is 10.5 Å². The van der Waals surface area contributed by atoms with Crippen LogP contribution in [0.2, 0.25) is 0 Å². The number of ether oxygens (including phenoxy) is 1. The van der Waals surface area contributed by atoms with E-state index in [0.29, 0.717) is 5.56 Å². The number of phenols is 1. The second-order valence-corrected chi connectivity index (χ2v) is 5.74. The standard InChI is InChI=1S/C15H16N2O6/c1-15(2,3)22-14(21)16-9-5-4-8(6-11(9)18)12-7-10(13(19)20)17-23-12/h4-7,18H,1-3H3,(H,16,21)(H,19,20). The zero-order valence-electron chi connectivity index (χ0n) is 12.8. The third kappa shape index (κ3) is 4.22. The van der Waals surface area contributed by atoms with Gasteiger partial charge in [-0.25, -0.2) is 9.59 Å². The summed E-state index contributed by atoms with van der Waals surface area (Å²) in [6, 6.07) is 5.53. The number of rotatable bonds is 3. The molecule has 1 amide bonds. The lowest BCUT2D eigenvalue weighted by Crippen LogP contribution is -2.27. The SMILES string of the molecule is CC(C)(C)OC(=O)Nc1ccc(-c2cc(C(=O)O)no2)cc1O. The van der Waals surface area contributed by atoms with E-state index in [4.69, 9.17) is 14.4 Å². The average molecular weight is 320 g/mol. The van der Waals surface area contributed by atoms with Crippen LogP contribution in [0, 0.1) is 0 Å². The van der Waals surface area contributed by atoms with Gasteiger partial charge in [0.15, 0.2) is 11.5 Å². The fourth-order valence-electron chi connectivity index (χ4n) is 1.72. The average Bonchev–Trinajstić information content (AvgIpc) is 2.88. The Morgan fingerprint density at radius 3 is 2.48 bits per heavy atom. The Morgan fingerprint density at radius 2 is 1.96 bits per heavy atom. The molecule has 0 saturated heterocycles. The molecule has 0 fully saturated rings. The van der Waals surface area contributed by atoms with Gasteiger partial charge in [-0.3, -0.25) is 5.32 Å². The van der Waals surface area contributed by atoms with Gasteiger partial charge in [-0.15, -0.1) is 0 Å². The minimum absolute atomic E-state index is 0.154. The lowest BCUT2D eigenvalue weighted by atomic mass is 10.1. The van der Waals surface area contributed by atoms with Crippen LogP contribution in [0.25, 0.3) is 11.3 Å². The van der Waals surface area contributed by atoms with Gasteiger partial charge in [0.1, 0.15) is 11.4 Å². The molecule has 23 heavy (non-hydrogen) atoms. The van der Waals surface area contributed by atoms with E-state index in [-0.39, 0.29) is 22.9 Å². The number of hydrogen-bond donors (Lipinski definition) is 3. The van der Waals surface area contributed by atoms with E-state index in [1.54, 1.807) is 26.8 Å². The van der Waals surface area contributed by atoms with Crippen molar-refractivity contribution >= 4 is 17.7 Å². The van der Waals surface area contributed by atoms with Crippen LogP contribution in [0.5, 0.6) is 5.75 Å². The maximum absolute atomic E-state index is 11.7. The zero-order chi connectivity index (χ0) is 17.2. The van der Waals surface area contributed by atoms with Crippen molar-refractivity contribution in [1.82, 2.24) is 5.16 Å². The molecule has 8 heteroatoms. The van der Waals surface area contributed by atoms with Crippen molar-refractivity contribution in [3.63, 3.8) is 0 Å². The van der Waals surface area contributed by atoms with E-state index in [9.17, 15) is 14.7 Å². The van der Waals surface area contributed by atoms with Gasteiger partial charge in [0.2, 0.25) is 0 Å². The lowest BCUT2D eigenvalue weighted by Gasteiger charge is -2.20. The molecule has 122 valence electrons. The van der Waals surface area contributed by atoms with Crippen molar-refractivity contribution in [1.29, 1.82) is 0 Å². The number of amides is 1. The highest BCUT2D eigenvalue weighted by molar-refractivity contribution is 5.88. The minimum atomic E-state index is -1.22. The van der Waals surface area contributed by atoms with Crippen LogP contribution in [0.3, 0.4) is 0 Å². The third-order valence-electron chi connectivity index (χ3n) is 2.65. The quantitative estimate of drug-likeness (QED) is 0.743. The van der Waals surface area contributed by atoms with E-state index in [2.05, 4.69) is 10.5 Å². The summed E-state index contributed by atoms with van der Waals surface area (Å²) in [6.45, 7) is 5.17. The van der Waals surface area contributed by atoms with Crippen LogP contribution < -0.4 is 5.32 Å². The monoisotopic (exact) mass is 320 g/mol. The first-order chi connectivity index (χ1) is 10.7. The Balaban J connectivity index is 2.17. The van der Waals surface area contributed by atoms with Crippen molar-refractivity contribution in [2.24, 2.45) is 0 Å². The van der Waals surface area contributed by atoms with E-state index >= 15 is 0 Å². The van der Waals surface area contributed by atoms with Gasteiger partial charge < -0.3 is 19.5 Å². The van der Waals surface area contributed by atoms with Gasteiger partial charge in [-0.1, -0.05) is 5.16 Å². The molecule has 1 heterocycles. The number of carbonyl (C=O) groups excluding carboxylic acids is 1. The number of aromatic hydroxyl groups is 1. The smallest absolute Gasteiger partial charge is 0.412 e. The van der Waals surface area contributed by atoms with Crippen LogP contribution >= 0.6 is 0 Å². The summed E-state index contributed by atoms with van der Waals surface area (Å²) in [6.07, 6.45) is -0.701. The van der Waals surface area contributed by atoms with Crippen LogP contribution in [-0.2, 0) is 4.74 Å². The van der Waals surface area contributed by atoms with Gasteiger partial charge in [0, 0.05) is 11.6 Å². The second kappa shape index (κ2) is 5.99. The summed E-state index contributed by atoms with van der Waals surface area (Å²) < 4.78 is 9.99. The number of nitrogens with zero attached hydrogens (tertiary/aromatic N) is 1. The van der Waals surface area contributed by atoms with Crippen molar-refractivity contribution in [3.05, 3.63) is 30.0 Å². The van der Waals surface area contributed by atoms with Crippen LogP contribution in [0.15, 0.2) is 28.8 Å². The number of carboxylic acids is 1. The summed E-state index contributed by atoms with van der Waals surface area (Å²) in [5.74, 6) is -1.25.